The molecule has 0 saturated heterocycles. The molecule has 2 heterocycles. The number of hydrogen-bond acceptors (Lipinski definition) is 2. The van der Waals surface area contributed by atoms with Gasteiger partial charge in [0, 0.05) is 40.3 Å². The van der Waals surface area contributed by atoms with Gasteiger partial charge in [-0.2, -0.15) is 0 Å². The Labute approximate surface area is 297 Å². The highest BCUT2D eigenvalue weighted by molar-refractivity contribution is 7.28. The van der Waals surface area contributed by atoms with Crippen LogP contribution in [-0.4, -0.2) is 0 Å². The Hall–Kier alpha value is -5.80. The first-order valence-electron chi connectivity index (χ1n) is 17.1. The predicted octanol–water partition coefficient (Wildman–Crippen LogP) is 14.9. The zero-order chi connectivity index (χ0) is 32.8. The van der Waals surface area contributed by atoms with Gasteiger partial charge in [-0.3, -0.25) is 0 Å². The van der Waals surface area contributed by atoms with Crippen LogP contribution in [0.4, 0.5) is 0 Å². The molecule has 2 heteroatoms. The third-order valence-electron chi connectivity index (χ3n) is 10.4. The van der Waals surface area contributed by atoms with E-state index in [2.05, 4.69) is 170 Å². The summed E-state index contributed by atoms with van der Waals surface area (Å²) < 4.78 is 5.40. The van der Waals surface area contributed by atoms with E-state index in [1.165, 1.54) is 106 Å². The van der Waals surface area contributed by atoms with Crippen molar-refractivity contribution in [2.24, 2.45) is 0 Å². The summed E-state index contributed by atoms with van der Waals surface area (Å²) in [7, 11) is 0. The molecule has 50 heavy (non-hydrogen) atoms. The summed E-state index contributed by atoms with van der Waals surface area (Å²) >= 11 is 3.80. The van der Waals surface area contributed by atoms with E-state index in [4.69, 9.17) is 0 Å². The first kappa shape index (κ1) is 28.1. The van der Waals surface area contributed by atoms with Crippen molar-refractivity contribution >= 4 is 95.3 Å². The van der Waals surface area contributed by atoms with Gasteiger partial charge in [0.15, 0.2) is 0 Å². The second kappa shape index (κ2) is 10.9. The van der Waals surface area contributed by atoms with Crippen molar-refractivity contribution in [2.75, 3.05) is 0 Å². The highest BCUT2D eigenvalue weighted by Gasteiger charge is 2.19. The molecule has 0 aliphatic heterocycles. The molecule has 0 aliphatic rings. The summed E-state index contributed by atoms with van der Waals surface area (Å²) in [6.45, 7) is 0. The zero-order valence-corrected chi connectivity index (χ0v) is 28.6. The molecule has 2 aromatic heterocycles. The lowest BCUT2D eigenvalue weighted by molar-refractivity contribution is 1.65. The van der Waals surface area contributed by atoms with Gasteiger partial charge in [-0.1, -0.05) is 133 Å². The van der Waals surface area contributed by atoms with Crippen molar-refractivity contribution < 1.29 is 0 Å². The van der Waals surface area contributed by atoms with Crippen molar-refractivity contribution in [1.29, 1.82) is 0 Å². The standard InChI is InChI=1S/C48H28S2/c1-2-12-29(13-3-1)45-34-16-6-8-18-36(34)46(37-19-9-7-17-35(37)45)40-27-32(26-31-14-4-5-15-33(31)40)30-22-23-39-44(28-30)50-43-25-24-42-47(48(39)43)38-20-10-11-21-41(38)49-42/h1-28H. The van der Waals surface area contributed by atoms with E-state index in [0.717, 1.165) is 0 Å². The molecule has 0 atom stereocenters. The first-order chi connectivity index (χ1) is 24.8. The number of hydrogen-bond donors (Lipinski definition) is 0. The summed E-state index contributed by atoms with van der Waals surface area (Å²) in [5.41, 5.74) is 7.59. The van der Waals surface area contributed by atoms with Crippen LogP contribution in [0.2, 0.25) is 0 Å². The van der Waals surface area contributed by atoms with Crippen LogP contribution < -0.4 is 0 Å². The van der Waals surface area contributed by atoms with Gasteiger partial charge in [0.25, 0.3) is 0 Å². The molecule has 0 bridgehead atoms. The quantitative estimate of drug-likeness (QED) is 0.164. The summed E-state index contributed by atoms with van der Waals surface area (Å²) in [5, 5.41) is 13.1. The van der Waals surface area contributed by atoms with E-state index in [9.17, 15) is 0 Å². The fourth-order valence-electron chi connectivity index (χ4n) is 8.28. The Morgan fingerprint density at radius 2 is 0.820 bits per heavy atom. The average molecular weight is 669 g/mol. The summed E-state index contributed by atoms with van der Waals surface area (Å²) in [6.07, 6.45) is 0. The third-order valence-corrected chi connectivity index (χ3v) is 12.7. The first-order valence-corrected chi connectivity index (χ1v) is 18.7. The van der Waals surface area contributed by atoms with Crippen molar-refractivity contribution in [2.45, 2.75) is 0 Å². The Morgan fingerprint density at radius 3 is 1.52 bits per heavy atom. The van der Waals surface area contributed by atoms with Crippen LogP contribution in [-0.2, 0) is 0 Å². The maximum absolute atomic E-state index is 2.44. The third kappa shape index (κ3) is 4.10. The Bertz CT molecular complexity index is 3080. The van der Waals surface area contributed by atoms with E-state index in [1.54, 1.807) is 0 Å². The monoisotopic (exact) mass is 668 g/mol. The highest BCUT2D eigenvalue weighted by Crippen LogP contribution is 2.48. The molecule has 232 valence electrons. The van der Waals surface area contributed by atoms with Crippen LogP contribution in [0.3, 0.4) is 0 Å². The maximum atomic E-state index is 2.44. The van der Waals surface area contributed by atoms with Crippen LogP contribution in [0.1, 0.15) is 0 Å². The van der Waals surface area contributed by atoms with E-state index >= 15 is 0 Å². The minimum atomic E-state index is 1.24. The number of thiophene rings is 2. The molecule has 0 N–H and O–H groups in total. The molecular formula is C48H28S2. The van der Waals surface area contributed by atoms with E-state index in [-0.39, 0.29) is 0 Å². The van der Waals surface area contributed by atoms with Crippen molar-refractivity contribution in [3.8, 4) is 33.4 Å². The molecule has 0 unspecified atom stereocenters. The molecule has 0 aliphatic carbocycles. The molecule has 0 fully saturated rings. The smallest absolute Gasteiger partial charge is 0.0362 e. The SMILES string of the molecule is c1ccc(-c2c3ccccc3c(-c3cc(-c4ccc5c(c4)sc4ccc6sc7ccccc7c6c45)cc4ccccc34)c3ccccc23)cc1. The van der Waals surface area contributed by atoms with E-state index in [0.29, 0.717) is 0 Å². The number of benzene rings is 9. The predicted molar refractivity (Wildman–Crippen MR) is 221 cm³/mol. The summed E-state index contributed by atoms with van der Waals surface area (Å²) in [6, 6.07) is 63.1. The van der Waals surface area contributed by atoms with Gasteiger partial charge in [0.2, 0.25) is 0 Å². The molecule has 0 amide bonds. The lowest BCUT2D eigenvalue weighted by atomic mass is 9.84. The van der Waals surface area contributed by atoms with Crippen LogP contribution in [0.25, 0.3) is 106 Å². The molecule has 0 spiro atoms. The van der Waals surface area contributed by atoms with Gasteiger partial charge in [0.1, 0.15) is 0 Å². The lowest BCUT2D eigenvalue weighted by Gasteiger charge is -2.19. The number of fused-ring (bicyclic) bond motifs is 10. The van der Waals surface area contributed by atoms with Gasteiger partial charge in [0.05, 0.1) is 0 Å². The summed E-state index contributed by atoms with van der Waals surface area (Å²) in [5.74, 6) is 0. The van der Waals surface area contributed by atoms with Crippen LogP contribution >= 0.6 is 22.7 Å². The normalized spacial score (nSPS) is 12.0. The van der Waals surface area contributed by atoms with E-state index in [1.807, 2.05) is 22.7 Å². The van der Waals surface area contributed by atoms with Crippen molar-refractivity contribution in [3.05, 3.63) is 170 Å². The van der Waals surface area contributed by atoms with Gasteiger partial charge in [-0.25, -0.2) is 0 Å². The van der Waals surface area contributed by atoms with Crippen LogP contribution in [0.5, 0.6) is 0 Å². The molecule has 11 rings (SSSR count). The molecular weight excluding hydrogens is 641 g/mol. The Morgan fingerprint density at radius 1 is 0.280 bits per heavy atom. The maximum Gasteiger partial charge on any atom is 0.0362 e. The molecule has 0 saturated carbocycles. The topological polar surface area (TPSA) is 0 Å². The lowest BCUT2D eigenvalue weighted by Crippen LogP contribution is -1.92. The van der Waals surface area contributed by atoms with Crippen LogP contribution in [0, 0.1) is 0 Å². The largest absolute Gasteiger partial charge is 0.135 e. The average Bonchev–Trinajstić information content (AvgIpc) is 3.74. The zero-order valence-electron chi connectivity index (χ0n) is 27.0. The number of rotatable bonds is 3. The molecule has 9 aromatic carbocycles. The van der Waals surface area contributed by atoms with E-state index < -0.39 is 0 Å². The van der Waals surface area contributed by atoms with Crippen molar-refractivity contribution in [1.82, 2.24) is 0 Å². The minimum Gasteiger partial charge on any atom is -0.135 e. The fourth-order valence-corrected chi connectivity index (χ4v) is 10.5. The molecule has 11 aromatic rings. The van der Waals surface area contributed by atoms with Crippen molar-refractivity contribution in [3.63, 3.8) is 0 Å². The Balaban J connectivity index is 1.19. The van der Waals surface area contributed by atoms with Gasteiger partial charge >= 0.3 is 0 Å². The van der Waals surface area contributed by atoms with Crippen LogP contribution in [0.15, 0.2) is 170 Å². The second-order valence-electron chi connectivity index (χ2n) is 13.2. The molecule has 0 nitrogen and oxygen atoms in total. The minimum absolute atomic E-state index is 1.24. The van der Waals surface area contributed by atoms with Gasteiger partial charge in [-0.15, -0.1) is 22.7 Å². The fraction of sp³-hybridized carbons (Fsp3) is 0. The molecule has 0 radical (unpaired) electrons. The summed E-state index contributed by atoms with van der Waals surface area (Å²) in [4.78, 5) is 0. The van der Waals surface area contributed by atoms with Gasteiger partial charge in [-0.05, 0) is 102 Å². The second-order valence-corrected chi connectivity index (χ2v) is 15.3. The van der Waals surface area contributed by atoms with Gasteiger partial charge < -0.3 is 0 Å². The highest BCUT2D eigenvalue weighted by atomic mass is 32.1. The Kier molecular flexibility index (Phi) is 6.09.